The van der Waals surface area contributed by atoms with Gasteiger partial charge in [0.05, 0.1) is 39.9 Å². The summed E-state index contributed by atoms with van der Waals surface area (Å²) in [7, 11) is 1.28. The smallest absolute Gasteiger partial charge is 0.268 e. The van der Waals surface area contributed by atoms with E-state index in [0.29, 0.717) is 17.4 Å². The third-order valence-electron chi connectivity index (χ3n) is 17.4. The van der Waals surface area contributed by atoms with Gasteiger partial charge in [-0.1, -0.05) is 366 Å². The van der Waals surface area contributed by atoms with Crippen molar-refractivity contribution in [3.63, 3.8) is 0 Å². The van der Waals surface area contributed by atoms with Crippen molar-refractivity contribution in [2.24, 2.45) is 0 Å². The molecule has 0 aliphatic rings. The normalized spacial score (nSPS) is 13.7. The lowest BCUT2D eigenvalue weighted by Gasteiger charge is -2.29. The fraction of sp³-hybridized carbons (Fsp3) is 0.932. The average molecular weight is 1190 g/mol. The van der Waals surface area contributed by atoms with Crippen molar-refractivity contribution >= 4 is 13.7 Å². The zero-order valence-electron chi connectivity index (χ0n) is 56.7. The molecule has 9 heteroatoms. The van der Waals surface area contributed by atoms with Gasteiger partial charge in [-0.3, -0.25) is 9.36 Å². The lowest BCUT2D eigenvalue weighted by molar-refractivity contribution is -0.870. The minimum Gasteiger partial charge on any atom is -0.756 e. The summed E-state index contributed by atoms with van der Waals surface area (Å²) < 4.78 is 23.5. The molecule has 0 aromatic heterocycles. The number of aliphatic hydroxyl groups excluding tert-OH is 1. The van der Waals surface area contributed by atoms with Gasteiger partial charge < -0.3 is 28.8 Å². The molecule has 0 heterocycles. The Kier molecular flexibility index (Phi) is 64.6. The molecule has 0 aromatic rings. The van der Waals surface area contributed by atoms with Crippen molar-refractivity contribution in [3.05, 3.63) is 24.3 Å². The van der Waals surface area contributed by atoms with Crippen LogP contribution in [0.3, 0.4) is 0 Å². The van der Waals surface area contributed by atoms with Gasteiger partial charge in [-0.2, -0.15) is 0 Å². The molecule has 0 radical (unpaired) electrons. The molecule has 0 saturated carbocycles. The predicted molar refractivity (Wildman–Crippen MR) is 362 cm³/mol. The second-order valence-corrected chi connectivity index (χ2v) is 28.4. The van der Waals surface area contributed by atoms with Gasteiger partial charge >= 0.3 is 0 Å². The van der Waals surface area contributed by atoms with Crippen LogP contribution < -0.4 is 10.2 Å². The molecule has 3 unspecified atom stereocenters. The molecule has 0 aromatic carbocycles. The van der Waals surface area contributed by atoms with Gasteiger partial charge in [-0.05, 0) is 44.9 Å². The largest absolute Gasteiger partial charge is 0.756 e. The van der Waals surface area contributed by atoms with Crippen LogP contribution in [-0.2, 0) is 18.4 Å². The number of phosphoric ester groups is 1. The Labute approximate surface area is 519 Å². The molecule has 0 spiro atoms. The van der Waals surface area contributed by atoms with E-state index in [4.69, 9.17) is 9.05 Å². The fourth-order valence-corrected chi connectivity index (χ4v) is 12.3. The Morgan fingerprint density at radius 3 is 0.940 bits per heavy atom. The van der Waals surface area contributed by atoms with Gasteiger partial charge in [0.25, 0.3) is 7.82 Å². The van der Waals surface area contributed by atoms with E-state index in [-0.39, 0.29) is 19.1 Å². The fourth-order valence-electron chi connectivity index (χ4n) is 11.6. The summed E-state index contributed by atoms with van der Waals surface area (Å²) in [6.45, 7) is 4.72. The Balaban J connectivity index is 3.93. The molecular weight excluding hydrogens is 1040 g/mol. The van der Waals surface area contributed by atoms with Gasteiger partial charge in [-0.15, -0.1) is 0 Å². The molecule has 0 saturated heterocycles. The van der Waals surface area contributed by atoms with Crippen molar-refractivity contribution in [2.45, 2.75) is 405 Å². The quantitative estimate of drug-likeness (QED) is 0.0272. The highest BCUT2D eigenvalue weighted by Gasteiger charge is 2.23. The molecule has 1 amide bonds. The monoisotopic (exact) mass is 1190 g/mol. The van der Waals surface area contributed by atoms with Crippen LogP contribution >= 0.6 is 7.82 Å². The highest BCUT2D eigenvalue weighted by Crippen LogP contribution is 2.38. The van der Waals surface area contributed by atoms with Crippen LogP contribution in [0.5, 0.6) is 0 Å². The van der Waals surface area contributed by atoms with E-state index in [1.54, 1.807) is 6.08 Å². The first-order valence-electron chi connectivity index (χ1n) is 37.2. The second-order valence-electron chi connectivity index (χ2n) is 27.0. The summed E-state index contributed by atoms with van der Waals surface area (Å²) in [6, 6.07) is -0.886. The van der Waals surface area contributed by atoms with E-state index in [1.165, 1.54) is 334 Å². The first-order valence-corrected chi connectivity index (χ1v) is 38.7. The number of allylic oxidation sites excluding steroid dienone is 3. The summed E-state index contributed by atoms with van der Waals surface area (Å²) >= 11 is 0. The maximum atomic E-state index is 13.0. The number of carbonyl (C=O) groups is 1. The molecular formula is C74H147N2O6P. The average Bonchev–Trinajstić information content (AvgIpc) is 3.50. The van der Waals surface area contributed by atoms with E-state index < -0.39 is 20.0 Å². The molecule has 3 atom stereocenters. The lowest BCUT2D eigenvalue weighted by Crippen LogP contribution is -2.45. The number of amides is 1. The minimum absolute atomic E-state index is 0.00177. The number of aliphatic hydroxyl groups is 1. The number of nitrogens with one attached hydrogen (secondary N) is 1. The summed E-state index contributed by atoms with van der Waals surface area (Å²) in [5.41, 5.74) is 0. The zero-order valence-corrected chi connectivity index (χ0v) is 57.6. The van der Waals surface area contributed by atoms with Gasteiger partial charge in [-0.25, -0.2) is 0 Å². The van der Waals surface area contributed by atoms with Crippen LogP contribution in [0.2, 0.25) is 0 Å². The molecule has 0 aliphatic carbocycles. The first-order chi connectivity index (χ1) is 40.5. The van der Waals surface area contributed by atoms with Gasteiger partial charge in [0.1, 0.15) is 13.2 Å². The topological polar surface area (TPSA) is 108 Å². The van der Waals surface area contributed by atoms with E-state index in [2.05, 4.69) is 31.3 Å². The summed E-state index contributed by atoms with van der Waals surface area (Å²) in [4.78, 5) is 25.6. The van der Waals surface area contributed by atoms with Gasteiger partial charge in [0.15, 0.2) is 0 Å². The van der Waals surface area contributed by atoms with E-state index in [0.717, 1.165) is 38.5 Å². The number of hydrogen-bond donors (Lipinski definition) is 2. The molecule has 0 bridgehead atoms. The molecule has 0 aliphatic heterocycles. The van der Waals surface area contributed by atoms with E-state index >= 15 is 0 Å². The lowest BCUT2D eigenvalue weighted by atomic mass is 10.0. The van der Waals surface area contributed by atoms with Crippen LogP contribution in [0.15, 0.2) is 24.3 Å². The minimum atomic E-state index is -4.60. The number of unbranched alkanes of at least 4 members (excludes halogenated alkanes) is 55. The Bertz CT molecular complexity index is 1400. The van der Waals surface area contributed by atoms with Crippen LogP contribution in [0, 0.1) is 0 Å². The molecule has 494 valence electrons. The standard InChI is InChI=1S/C74H147N2O6P/c1-6-8-10-12-14-16-18-20-22-24-26-28-30-31-32-33-34-35-36-37-38-39-40-41-42-43-44-45-46-48-50-52-54-56-58-60-62-64-66-68-74(78)75-72(71-82-83(79,80)81-70-69-76(3,4)5)73(77)67-65-63-61-59-57-55-53-51-49-47-29-27-25-23-21-19-17-15-13-11-9-7-2/h37-38,65,67,72-73,77H,6-36,39-64,66,68-71H2,1-5H3,(H-,75,78,79,80)/b38-37-,67-65+. The van der Waals surface area contributed by atoms with E-state index in [9.17, 15) is 19.4 Å². The third-order valence-corrected chi connectivity index (χ3v) is 18.4. The molecule has 83 heavy (non-hydrogen) atoms. The second kappa shape index (κ2) is 65.4. The number of nitrogens with zero attached hydrogens (tertiary/aromatic N) is 1. The zero-order chi connectivity index (χ0) is 60.5. The molecule has 2 N–H and O–H groups in total. The van der Waals surface area contributed by atoms with Crippen molar-refractivity contribution in [2.75, 3.05) is 40.9 Å². The summed E-state index contributed by atoms with van der Waals surface area (Å²) in [6.07, 6.45) is 86.1. The number of likely N-dealkylation sites (N-methyl/N-ethyl adjacent to an activating group) is 1. The van der Waals surface area contributed by atoms with Crippen LogP contribution in [-0.4, -0.2) is 68.5 Å². The maximum absolute atomic E-state index is 13.0. The van der Waals surface area contributed by atoms with Crippen molar-refractivity contribution in [1.82, 2.24) is 5.32 Å². The summed E-state index contributed by atoms with van der Waals surface area (Å²) in [5, 5.41) is 14.0. The molecule has 0 fully saturated rings. The number of phosphoric acid groups is 1. The van der Waals surface area contributed by atoms with Gasteiger partial charge in [0, 0.05) is 6.42 Å². The highest BCUT2D eigenvalue weighted by molar-refractivity contribution is 7.45. The Hall–Kier alpha value is -1.02. The molecule has 0 rings (SSSR count). The van der Waals surface area contributed by atoms with Crippen molar-refractivity contribution in [3.8, 4) is 0 Å². The highest BCUT2D eigenvalue weighted by atomic mass is 31.2. The van der Waals surface area contributed by atoms with Gasteiger partial charge in [0.2, 0.25) is 5.91 Å². The number of rotatable bonds is 70. The van der Waals surface area contributed by atoms with Crippen LogP contribution in [0.4, 0.5) is 0 Å². The number of quaternary nitrogens is 1. The predicted octanol–water partition coefficient (Wildman–Crippen LogP) is 23.2. The maximum Gasteiger partial charge on any atom is 0.268 e. The number of hydrogen-bond acceptors (Lipinski definition) is 6. The Morgan fingerprint density at radius 2 is 0.663 bits per heavy atom. The third kappa shape index (κ3) is 68.3. The van der Waals surface area contributed by atoms with Crippen molar-refractivity contribution < 1.29 is 32.9 Å². The summed E-state index contributed by atoms with van der Waals surface area (Å²) in [5.74, 6) is -0.189. The van der Waals surface area contributed by atoms with Crippen molar-refractivity contribution in [1.29, 1.82) is 0 Å². The first kappa shape index (κ1) is 82.0. The van der Waals surface area contributed by atoms with E-state index in [1.807, 2.05) is 27.2 Å². The number of carbonyl (C=O) groups excluding carboxylic acids is 1. The SMILES string of the molecule is CCCCCCCCCCCCCCCCCCCC/C=C\CCCCCCCCCCCCCCCCCCCC(=O)NC(COP(=O)([O-])OCC[N+](C)(C)C)C(O)/C=C/CCCCCCCCCCCCCCCCCCCCCC. The molecule has 8 nitrogen and oxygen atoms in total. The Morgan fingerprint density at radius 1 is 0.410 bits per heavy atom. The van der Waals surface area contributed by atoms with Crippen LogP contribution in [0.1, 0.15) is 393 Å². The van der Waals surface area contributed by atoms with Crippen LogP contribution in [0.25, 0.3) is 0 Å².